The molecule has 3 heterocycles. The highest BCUT2D eigenvalue weighted by Crippen LogP contribution is 2.54. The number of rotatable bonds is 3. The molecule has 0 radical (unpaired) electrons. The Morgan fingerprint density at radius 2 is 0.692 bits per heavy atom. The maximum absolute atomic E-state index is 2.55. The van der Waals surface area contributed by atoms with Crippen molar-refractivity contribution in [1.29, 1.82) is 0 Å². The fraction of sp³-hybridized carbons (Fsp3) is 0.323. The lowest BCUT2D eigenvalue weighted by molar-refractivity contribution is 0.553. The molecule has 0 aromatic heterocycles. The zero-order valence-corrected chi connectivity index (χ0v) is 41.8. The number of benzene rings is 7. The van der Waals surface area contributed by atoms with Gasteiger partial charge in [0.05, 0.1) is 22.7 Å². The third-order valence-corrected chi connectivity index (χ3v) is 14.7. The minimum atomic E-state index is -0.130. The van der Waals surface area contributed by atoms with Gasteiger partial charge in [0.2, 0.25) is 6.71 Å². The van der Waals surface area contributed by atoms with Gasteiger partial charge in [-0.2, -0.15) is 0 Å². The Morgan fingerprint density at radius 3 is 0.985 bits per heavy atom. The van der Waals surface area contributed by atoms with E-state index in [1.54, 1.807) is 0 Å². The van der Waals surface area contributed by atoms with Crippen LogP contribution in [0.1, 0.15) is 143 Å². The zero-order valence-electron chi connectivity index (χ0n) is 41.8. The fourth-order valence-electron chi connectivity index (χ4n) is 11.3. The van der Waals surface area contributed by atoms with Crippen LogP contribution in [0.5, 0.6) is 0 Å². The first kappa shape index (κ1) is 44.4. The van der Waals surface area contributed by atoms with E-state index in [0.717, 1.165) is 0 Å². The molecule has 0 unspecified atom stereocenters. The molecule has 10 rings (SSSR count). The van der Waals surface area contributed by atoms with Crippen molar-refractivity contribution in [2.24, 2.45) is 0 Å². The van der Waals surface area contributed by atoms with Crippen molar-refractivity contribution in [3.8, 4) is 11.1 Å². The molecule has 3 aliphatic rings. The molecule has 0 fully saturated rings. The van der Waals surface area contributed by atoms with Crippen LogP contribution >= 0.6 is 0 Å². The van der Waals surface area contributed by atoms with E-state index in [2.05, 4.69) is 245 Å². The highest BCUT2D eigenvalue weighted by molar-refractivity contribution is 6.99. The van der Waals surface area contributed by atoms with Gasteiger partial charge in [0.1, 0.15) is 0 Å². The van der Waals surface area contributed by atoms with Gasteiger partial charge in [0, 0.05) is 22.2 Å². The van der Waals surface area contributed by atoms with Crippen LogP contribution in [0.4, 0.5) is 34.1 Å². The van der Waals surface area contributed by atoms with Gasteiger partial charge < -0.3 is 9.80 Å². The van der Waals surface area contributed by atoms with Gasteiger partial charge in [-0.1, -0.05) is 217 Å². The second kappa shape index (κ2) is 15.4. The molecule has 0 aliphatic carbocycles. The van der Waals surface area contributed by atoms with E-state index in [4.69, 9.17) is 0 Å². The van der Waals surface area contributed by atoms with Crippen molar-refractivity contribution in [2.75, 3.05) is 9.80 Å². The smallest absolute Gasteiger partial charge is 0.243 e. The number of nitrogens with zero attached hydrogens (tertiary/aromatic N) is 2. The van der Waals surface area contributed by atoms with Gasteiger partial charge in [-0.15, -0.1) is 0 Å². The van der Waals surface area contributed by atoms with E-state index in [9.17, 15) is 0 Å². The lowest BCUT2D eigenvalue weighted by atomic mass is 9.35. The summed E-state index contributed by atoms with van der Waals surface area (Å²) in [5, 5.41) is 0. The van der Waals surface area contributed by atoms with E-state index < -0.39 is 0 Å². The Hall–Kier alpha value is -5.80. The molecular formula is C62H69BN2. The average molecular weight is 853 g/mol. The molecule has 0 N–H and O–H groups in total. The van der Waals surface area contributed by atoms with E-state index in [1.165, 1.54) is 101 Å². The van der Waals surface area contributed by atoms with Crippen molar-refractivity contribution in [3.63, 3.8) is 0 Å². The topological polar surface area (TPSA) is 6.48 Å². The molecule has 0 spiro atoms. The largest absolute Gasteiger partial charge is 0.310 e. The van der Waals surface area contributed by atoms with Gasteiger partial charge >= 0.3 is 0 Å². The summed E-state index contributed by atoms with van der Waals surface area (Å²) in [5.74, 6) is 0. The Labute approximate surface area is 391 Å². The summed E-state index contributed by atoms with van der Waals surface area (Å²) in [6, 6.07) is 56.0. The minimum Gasteiger partial charge on any atom is -0.310 e. The number of para-hydroxylation sites is 4. The van der Waals surface area contributed by atoms with Gasteiger partial charge in [-0.25, -0.2) is 0 Å². The second-order valence-corrected chi connectivity index (χ2v) is 22.7. The Bertz CT molecular complexity index is 2690. The molecular weight excluding hydrogens is 784 g/mol. The minimum absolute atomic E-state index is 0.0129. The SMILES string of the molecule is CC.CC(C)(C)c1cc(C(C)(C)C)c(B2c3ccc(N4c5ccccc5C(C)(C)c5ccccc54)cc3-c3cc(N4c5ccccc5C(C)(C)c5ccccc54)ccc32)c(C(C)(C)C)c1. The molecule has 7 aromatic carbocycles. The molecule has 0 atom stereocenters. The molecule has 3 aliphatic heterocycles. The van der Waals surface area contributed by atoms with Crippen LogP contribution in [0.2, 0.25) is 0 Å². The first-order valence-electron chi connectivity index (χ1n) is 24.1. The van der Waals surface area contributed by atoms with Crippen LogP contribution in [-0.2, 0) is 27.1 Å². The number of hydrogen-bond acceptors (Lipinski definition) is 2. The highest BCUT2D eigenvalue weighted by Gasteiger charge is 2.43. The molecule has 0 saturated heterocycles. The molecule has 0 bridgehead atoms. The normalized spacial score (nSPS) is 15.5. The lowest BCUT2D eigenvalue weighted by Crippen LogP contribution is -2.54. The molecule has 330 valence electrons. The maximum atomic E-state index is 2.55. The number of anilines is 6. The van der Waals surface area contributed by atoms with Gasteiger partial charge in [0.15, 0.2) is 0 Å². The highest BCUT2D eigenvalue weighted by atomic mass is 15.2. The predicted octanol–water partition coefficient (Wildman–Crippen LogP) is 15.3. The average Bonchev–Trinajstić information content (AvgIpc) is 3.59. The first-order valence-corrected chi connectivity index (χ1v) is 24.1. The molecule has 7 aromatic rings. The Balaban J connectivity index is 0.00000263. The summed E-state index contributed by atoms with van der Waals surface area (Å²) >= 11 is 0. The molecule has 65 heavy (non-hydrogen) atoms. The van der Waals surface area contributed by atoms with E-state index in [1.807, 2.05) is 13.8 Å². The summed E-state index contributed by atoms with van der Waals surface area (Å²) < 4.78 is 0. The van der Waals surface area contributed by atoms with Crippen LogP contribution in [0.3, 0.4) is 0 Å². The van der Waals surface area contributed by atoms with Crippen LogP contribution in [-0.4, -0.2) is 6.71 Å². The van der Waals surface area contributed by atoms with Crippen molar-refractivity contribution >= 4 is 57.2 Å². The Kier molecular flexibility index (Phi) is 10.5. The third-order valence-electron chi connectivity index (χ3n) is 14.7. The predicted molar refractivity (Wildman–Crippen MR) is 284 cm³/mol. The number of fused-ring (bicyclic) bond motifs is 7. The summed E-state index contributed by atoms with van der Waals surface area (Å²) in [6.07, 6.45) is 0. The van der Waals surface area contributed by atoms with Crippen LogP contribution in [0.15, 0.2) is 146 Å². The standard InChI is InChI=1S/C60H63BN2.C2H6/c1-56(2,3)38-34-47(57(4,5)6)55(48(35-38)58(7,8)9)61-49-32-30-39(62-51-26-18-14-22-43(51)59(10,11)44-23-15-19-27-52(44)62)36-41(49)42-37-40(31-33-50(42)61)63-53-28-20-16-24-45(53)60(12,13)46-25-17-21-29-54(46)63;1-2/h14-37H,1-13H3;1-2H3. The van der Waals surface area contributed by atoms with Crippen molar-refractivity contribution in [3.05, 3.63) is 185 Å². The number of hydrogen-bond donors (Lipinski definition) is 0. The quantitative estimate of drug-likeness (QED) is 0.163. The summed E-state index contributed by atoms with van der Waals surface area (Å²) in [4.78, 5) is 5.04. The van der Waals surface area contributed by atoms with E-state index in [0.29, 0.717) is 0 Å². The maximum Gasteiger partial charge on any atom is 0.243 e. The zero-order chi connectivity index (χ0) is 46.6. The van der Waals surface area contributed by atoms with E-state index >= 15 is 0 Å². The first-order chi connectivity index (χ1) is 30.7. The van der Waals surface area contributed by atoms with Crippen LogP contribution in [0.25, 0.3) is 11.1 Å². The van der Waals surface area contributed by atoms with Crippen LogP contribution < -0.4 is 26.2 Å². The summed E-state index contributed by atoms with van der Waals surface area (Å²) in [5.41, 5.74) is 23.5. The van der Waals surface area contributed by atoms with E-state index in [-0.39, 0.29) is 33.8 Å². The molecule has 0 amide bonds. The molecule has 3 heteroatoms. The van der Waals surface area contributed by atoms with Gasteiger partial charge in [-0.3, -0.25) is 0 Å². The third kappa shape index (κ3) is 6.99. The summed E-state index contributed by atoms with van der Waals surface area (Å²) in [7, 11) is 0. The summed E-state index contributed by atoms with van der Waals surface area (Å²) in [6.45, 7) is 35.1. The molecule has 0 saturated carbocycles. The van der Waals surface area contributed by atoms with Crippen molar-refractivity contribution < 1.29 is 0 Å². The van der Waals surface area contributed by atoms with Gasteiger partial charge in [0.25, 0.3) is 0 Å². The van der Waals surface area contributed by atoms with Crippen molar-refractivity contribution in [2.45, 2.75) is 131 Å². The second-order valence-electron chi connectivity index (χ2n) is 22.7. The molecule has 2 nitrogen and oxygen atoms in total. The van der Waals surface area contributed by atoms with Crippen LogP contribution in [0, 0.1) is 0 Å². The monoisotopic (exact) mass is 853 g/mol. The fourth-order valence-corrected chi connectivity index (χ4v) is 11.3. The lowest BCUT2D eigenvalue weighted by Gasteiger charge is -2.42. The Morgan fingerprint density at radius 1 is 0.385 bits per heavy atom. The van der Waals surface area contributed by atoms with Crippen molar-refractivity contribution in [1.82, 2.24) is 0 Å². The van der Waals surface area contributed by atoms with Gasteiger partial charge in [-0.05, 0) is 115 Å².